The van der Waals surface area contributed by atoms with E-state index in [9.17, 15) is 0 Å². The quantitative estimate of drug-likeness (QED) is 0.315. The van der Waals surface area contributed by atoms with E-state index in [0.29, 0.717) is 25.4 Å². The molecule has 0 amide bonds. The molecule has 2 atom stereocenters. The summed E-state index contributed by atoms with van der Waals surface area (Å²) in [4.78, 5) is 0. The maximum absolute atomic E-state index is 5.64. The Bertz CT molecular complexity index is 713. The van der Waals surface area contributed by atoms with Crippen LogP contribution in [-0.2, 0) is 22.3 Å². The molecule has 4 heteroatoms. The van der Waals surface area contributed by atoms with Gasteiger partial charge in [0.1, 0.15) is 36.9 Å². The summed E-state index contributed by atoms with van der Waals surface area (Å²) in [6.45, 7) is 14.7. The van der Waals surface area contributed by atoms with Crippen molar-refractivity contribution >= 4 is 0 Å². The first-order valence-electron chi connectivity index (χ1n) is 11.1. The Morgan fingerprint density at radius 2 is 1.12 bits per heavy atom. The van der Waals surface area contributed by atoms with Crippen molar-refractivity contribution in [1.29, 1.82) is 0 Å². The van der Waals surface area contributed by atoms with E-state index in [1.54, 1.807) is 0 Å². The molecule has 0 saturated carbocycles. The fraction of sp³-hybridized carbons (Fsp3) is 0.429. The molecule has 4 nitrogen and oxygen atoms in total. The predicted octanol–water partition coefficient (Wildman–Crippen LogP) is 6.44. The van der Waals surface area contributed by atoms with Crippen molar-refractivity contribution < 1.29 is 18.9 Å². The van der Waals surface area contributed by atoms with Crippen molar-refractivity contribution in [1.82, 2.24) is 0 Å². The molecule has 0 aromatic heterocycles. The second-order valence-electron chi connectivity index (χ2n) is 7.44. The van der Waals surface area contributed by atoms with Crippen LogP contribution in [0.25, 0.3) is 0 Å². The van der Waals surface area contributed by atoms with Gasteiger partial charge in [0.05, 0.1) is 13.2 Å². The summed E-state index contributed by atoms with van der Waals surface area (Å²) in [7, 11) is 0. The standard InChI is InChI=1S/2C12H14O2.C3H8.CH4/c2*1-2-5-10-6-3-4-7-12(10)14-9-11-8-13-11;1-3-2;/h2*2-4,6-7,11H,1,5,8-9H2;3H2,1-2H3;1H4. The van der Waals surface area contributed by atoms with Gasteiger partial charge in [-0.1, -0.05) is 76.2 Å². The number of hydrogen-bond acceptors (Lipinski definition) is 4. The van der Waals surface area contributed by atoms with Gasteiger partial charge in [-0.3, -0.25) is 0 Å². The molecule has 2 saturated heterocycles. The normalized spacial score (nSPS) is 17.2. The van der Waals surface area contributed by atoms with E-state index < -0.39 is 0 Å². The fourth-order valence-corrected chi connectivity index (χ4v) is 2.63. The first-order valence-corrected chi connectivity index (χ1v) is 11.1. The number of allylic oxidation sites excluding steroid dienone is 2. The largest absolute Gasteiger partial charge is 0.490 e. The molecule has 4 rings (SSSR count). The van der Waals surface area contributed by atoms with Crippen LogP contribution in [0.2, 0.25) is 0 Å². The van der Waals surface area contributed by atoms with Gasteiger partial charge in [0.15, 0.2) is 0 Å². The maximum Gasteiger partial charge on any atom is 0.122 e. The van der Waals surface area contributed by atoms with E-state index in [1.165, 1.54) is 17.5 Å². The molecule has 2 aromatic carbocycles. The Morgan fingerprint density at radius 3 is 1.44 bits per heavy atom. The Balaban J connectivity index is 0.000000278. The molecule has 176 valence electrons. The first kappa shape index (κ1) is 27.5. The predicted molar refractivity (Wildman–Crippen MR) is 134 cm³/mol. The summed E-state index contributed by atoms with van der Waals surface area (Å²) in [5.41, 5.74) is 2.37. The zero-order valence-corrected chi connectivity index (χ0v) is 18.9. The maximum atomic E-state index is 5.64. The highest BCUT2D eigenvalue weighted by Crippen LogP contribution is 2.21. The summed E-state index contributed by atoms with van der Waals surface area (Å²) < 4.78 is 21.5. The fourth-order valence-electron chi connectivity index (χ4n) is 2.63. The number of epoxide rings is 2. The minimum atomic E-state index is 0. The van der Waals surface area contributed by atoms with Gasteiger partial charge in [0, 0.05) is 0 Å². The van der Waals surface area contributed by atoms with Crippen LogP contribution in [0.3, 0.4) is 0 Å². The van der Waals surface area contributed by atoms with Gasteiger partial charge in [-0.25, -0.2) is 0 Å². The van der Waals surface area contributed by atoms with E-state index >= 15 is 0 Å². The molecule has 2 aliphatic heterocycles. The molecule has 2 aromatic rings. The average Bonchev–Trinajstić information content (AvgIpc) is 3.70. The molecule has 2 aliphatic rings. The van der Waals surface area contributed by atoms with Gasteiger partial charge in [0.25, 0.3) is 0 Å². The molecule has 0 N–H and O–H groups in total. The van der Waals surface area contributed by atoms with Gasteiger partial charge in [-0.15, -0.1) is 13.2 Å². The molecule has 0 aliphatic carbocycles. The minimum absolute atomic E-state index is 0. The number of para-hydroxylation sites is 2. The van der Waals surface area contributed by atoms with Crippen LogP contribution < -0.4 is 9.47 Å². The number of ether oxygens (including phenoxy) is 4. The van der Waals surface area contributed by atoms with Gasteiger partial charge < -0.3 is 18.9 Å². The lowest BCUT2D eigenvalue weighted by Crippen LogP contribution is -2.05. The number of benzene rings is 2. The Kier molecular flexibility index (Phi) is 13.8. The van der Waals surface area contributed by atoms with Crippen molar-refractivity contribution in [2.75, 3.05) is 26.4 Å². The average molecular weight is 441 g/mol. The Hall–Kier alpha value is -2.56. The summed E-state index contributed by atoms with van der Waals surface area (Å²) in [5, 5.41) is 0. The van der Waals surface area contributed by atoms with Gasteiger partial charge >= 0.3 is 0 Å². The zero-order valence-electron chi connectivity index (χ0n) is 18.9. The van der Waals surface area contributed by atoms with Gasteiger partial charge in [-0.2, -0.15) is 0 Å². The van der Waals surface area contributed by atoms with Crippen LogP contribution in [0.15, 0.2) is 73.8 Å². The Labute approximate surface area is 194 Å². The molecule has 32 heavy (non-hydrogen) atoms. The SMILES string of the molecule is C.C=CCc1ccccc1OCC1CO1.C=CCc1ccccc1OCC1CO1.CCC. The highest BCUT2D eigenvalue weighted by molar-refractivity contribution is 5.35. The van der Waals surface area contributed by atoms with Crippen molar-refractivity contribution in [3.8, 4) is 11.5 Å². The minimum Gasteiger partial charge on any atom is -0.490 e. The molecule has 0 spiro atoms. The van der Waals surface area contributed by atoms with Crippen LogP contribution >= 0.6 is 0 Å². The summed E-state index contributed by atoms with van der Waals surface area (Å²) in [6, 6.07) is 16.1. The molecular formula is C28H40O4. The van der Waals surface area contributed by atoms with E-state index in [4.69, 9.17) is 18.9 Å². The zero-order chi connectivity index (χ0) is 22.3. The van der Waals surface area contributed by atoms with Crippen LogP contribution in [0.5, 0.6) is 11.5 Å². The van der Waals surface area contributed by atoms with Crippen molar-refractivity contribution in [2.45, 2.75) is 52.7 Å². The molecule has 2 heterocycles. The van der Waals surface area contributed by atoms with Crippen LogP contribution in [0.1, 0.15) is 38.8 Å². The first-order chi connectivity index (χ1) is 15.2. The second kappa shape index (κ2) is 16.1. The third-order valence-corrected chi connectivity index (χ3v) is 4.33. The van der Waals surface area contributed by atoms with E-state index in [2.05, 4.69) is 39.1 Å². The van der Waals surface area contributed by atoms with Gasteiger partial charge in [0.2, 0.25) is 0 Å². The summed E-state index contributed by atoms with van der Waals surface area (Å²) >= 11 is 0. The summed E-state index contributed by atoms with van der Waals surface area (Å²) in [6.07, 6.45) is 7.34. The van der Waals surface area contributed by atoms with Gasteiger partial charge in [-0.05, 0) is 36.1 Å². The number of rotatable bonds is 10. The molecule has 2 unspecified atom stereocenters. The molecular weight excluding hydrogens is 400 g/mol. The molecule has 0 bridgehead atoms. The van der Waals surface area contributed by atoms with Crippen molar-refractivity contribution in [3.05, 3.63) is 85.0 Å². The van der Waals surface area contributed by atoms with E-state index in [1.807, 2.05) is 48.6 Å². The Morgan fingerprint density at radius 1 is 0.781 bits per heavy atom. The second-order valence-corrected chi connectivity index (χ2v) is 7.44. The van der Waals surface area contributed by atoms with Crippen LogP contribution in [0, 0.1) is 0 Å². The lowest BCUT2D eigenvalue weighted by Gasteiger charge is -2.08. The lowest BCUT2D eigenvalue weighted by molar-refractivity contribution is 0.261. The smallest absolute Gasteiger partial charge is 0.122 e. The van der Waals surface area contributed by atoms with Crippen molar-refractivity contribution in [2.24, 2.45) is 0 Å². The van der Waals surface area contributed by atoms with Crippen LogP contribution in [0.4, 0.5) is 0 Å². The van der Waals surface area contributed by atoms with Crippen molar-refractivity contribution in [3.63, 3.8) is 0 Å². The number of hydrogen-bond donors (Lipinski definition) is 0. The highest BCUT2D eigenvalue weighted by Gasteiger charge is 2.24. The van der Waals surface area contributed by atoms with E-state index in [-0.39, 0.29) is 7.43 Å². The molecule has 2 fully saturated rings. The third kappa shape index (κ3) is 11.2. The highest BCUT2D eigenvalue weighted by atomic mass is 16.6. The third-order valence-electron chi connectivity index (χ3n) is 4.33. The lowest BCUT2D eigenvalue weighted by atomic mass is 10.1. The van der Waals surface area contributed by atoms with E-state index in [0.717, 1.165) is 37.6 Å². The summed E-state index contributed by atoms with van der Waals surface area (Å²) in [5.74, 6) is 1.89. The molecule has 0 radical (unpaired) electrons. The van der Waals surface area contributed by atoms with Crippen LogP contribution in [-0.4, -0.2) is 38.6 Å². The topological polar surface area (TPSA) is 43.5 Å². The monoisotopic (exact) mass is 440 g/mol.